The number of carbonyl (C=O) groups is 3. The number of fused-ring (bicyclic) bond motifs is 3. The van der Waals surface area contributed by atoms with Gasteiger partial charge < -0.3 is 24.6 Å². The monoisotopic (exact) mass is 466 g/mol. The fourth-order valence-electron chi connectivity index (χ4n) is 4.57. The highest BCUT2D eigenvalue weighted by Gasteiger charge is 2.40. The van der Waals surface area contributed by atoms with E-state index in [0.29, 0.717) is 28.4 Å². The maximum Gasteiger partial charge on any atom is 0.253 e. The molecule has 1 saturated heterocycles. The number of amides is 3. The molecule has 2 aliphatic heterocycles. The molecule has 3 amide bonds. The number of carbonyl (C=O) groups excluding carboxylic acids is 3. The quantitative estimate of drug-likeness (QED) is 0.704. The van der Waals surface area contributed by atoms with Crippen LogP contribution in [0.4, 0.5) is 17.1 Å². The van der Waals surface area contributed by atoms with Crippen molar-refractivity contribution >= 4 is 34.8 Å². The first-order valence-electron chi connectivity index (χ1n) is 11.3. The van der Waals surface area contributed by atoms with Gasteiger partial charge in [0.1, 0.15) is 12.6 Å². The third kappa shape index (κ3) is 4.37. The molecule has 0 saturated carbocycles. The van der Waals surface area contributed by atoms with E-state index < -0.39 is 0 Å². The van der Waals surface area contributed by atoms with Crippen molar-refractivity contribution in [3.63, 3.8) is 0 Å². The summed E-state index contributed by atoms with van der Waals surface area (Å²) in [4.78, 5) is 44.2. The smallest absolute Gasteiger partial charge is 0.253 e. The van der Waals surface area contributed by atoms with E-state index in [1.807, 2.05) is 6.07 Å². The fraction of sp³-hybridized carbons (Fsp3) is 0.400. The van der Waals surface area contributed by atoms with Gasteiger partial charge in [-0.15, -0.1) is 0 Å². The van der Waals surface area contributed by atoms with Crippen LogP contribution >= 0.6 is 0 Å². The maximum atomic E-state index is 13.5. The van der Waals surface area contributed by atoms with Crippen molar-refractivity contribution in [3.05, 3.63) is 42.0 Å². The van der Waals surface area contributed by atoms with Gasteiger partial charge in [0.05, 0.1) is 25.6 Å². The number of hydrogen-bond acceptors (Lipinski definition) is 6. The van der Waals surface area contributed by atoms with Gasteiger partial charge >= 0.3 is 0 Å². The molecular weight excluding hydrogens is 436 g/mol. The summed E-state index contributed by atoms with van der Waals surface area (Å²) >= 11 is 0. The van der Waals surface area contributed by atoms with Gasteiger partial charge in [0.15, 0.2) is 11.5 Å². The molecular formula is C25H30N4O5. The number of anilines is 3. The van der Waals surface area contributed by atoms with E-state index in [1.54, 1.807) is 51.5 Å². The molecule has 2 aliphatic rings. The molecule has 1 N–H and O–H groups in total. The van der Waals surface area contributed by atoms with Gasteiger partial charge in [-0.05, 0) is 49.6 Å². The third-order valence-corrected chi connectivity index (χ3v) is 6.25. The van der Waals surface area contributed by atoms with Gasteiger partial charge in [0.25, 0.3) is 5.91 Å². The van der Waals surface area contributed by atoms with Crippen molar-refractivity contribution in [1.29, 1.82) is 0 Å². The summed E-state index contributed by atoms with van der Waals surface area (Å²) in [5, 5.41) is 2.84. The molecule has 9 heteroatoms. The van der Waals surface area contributed by atoms with Gasteiger partial charge in [0, 0.05) is 38.0 Å². The summed E-state index contributed by atoms with van der Waals surface area (Å²) in [6.07, 6.45) is 2.71. The lowest BCUT2D eigenvalue weighted by molar-refractivity contribution is -0.123. The summed E-state index contributed by atoms with van der Waals surface area (Å²) in [6.45, 7) is 0.611. The van der Waals surface area contributed by atoms with Crippen molar-refractivity contribution in [1.82, 2.24) is 4.90 Å². The predicted molar refractivity (Wildman–Crippen MR) is 130 cm³/mol. The average Bonchev–Trinajstić information content (AvgIpc) is 2.85. The van der Waals surface area contributed by atoms with Crippen LogP contribution < -0.4 is 24.6 Å². The molecule has 9 nitrogen and oxygen atoms in total. The highest BCUT2D eigenvalue weighted by Crippen LogP contribution is 2.40. The lowest BCUT2D eigenvalue weighted by atomic mass is 9.95. The number of piperidine rings is 1. The zero-order chi connectivity index (χ0) is 24.4. The van der Waals surface area contributed by atoms with Gasteiger partial charge in [-0.2, -0.15) is 0 Å². The van der Waals surface area contributed by atoms with E-state index >= 15 is 0 Å². The molecule has 2 aromatic carbocycles. The molecule has 0 unspecified atom stereocenters. The summed E-state index contributed by atoms with van der Waals surface area (Å²) in [7, 11) is 6.43. The Morgan fingerprint density at radius 1 is 1.03 bits per heavy atom. The highest BCUT2D eigenvalue weighted by molar-refractivity contribution is 6.11. The Labute approximate surface area is 199 Å². The first-order chi connectivity index (χ1) is 16.3. The molecule has 4 rings (SSSR count). The van der Waals surface area contributed by atoms with Crippen LogP contribution in [-0.4, -0.2) is 70.1 Å². The van der Waals surface area contributed by atoms with Gasteiger partial charge in [-0.1, -0.05) is 0 Å². The molecule has 2 aromatic rings. The molecule has 0 aliphatic carbocycles. The van der Waals surface area contributed by atoms with Crippen molar-refractivity contribution < 1.29 is 23.9 Å². The SMILES string of the molecule is COc1ccc(NC(=O)CN2C(=O)[C@@H]3CCCCN3c3ccc(C(=O)N(C)C)cc32)cc1OC. The summed E-state index contributed by atoms with van der Waals surface area (Å²) in [6, 6.07) is 10.2. The third-order valence-electron chi connectivity index (χ3n) is 6.25. The normalized spacial score (nSPS) is 16.9. The molecule has 0 aromatic heterocycles. The van der Waals surface area contributed by atoms with Crippen LogP contribution in [0.3, 0.4) is 0 Å². The van der Waals surface area contributed by atoms with Crippen LogP contribution in [0.15, 0.2) is 36.4 Å². The number of rotatable bonds is 6. The van der Waals surface area contributed by atoms with Crippen LogP contribution in [0.1, 0.15) is 29.6 Å². The van der Waals surface area contributed by atoms with E-state index in [-0.39, 0.29) is 30.3 Å². The minimum absolute atomic E-state index is 0.121. The van der Waals surface area contributed by atoms with E-state index in [4.69, 9.17) is 9.47 Å². The van der Waals surface area contributed by atoms with Crippen LogP contribution in [0.25, 0.3) is 0 Å². The van der Waals surface area contributed by atoms with Crippen LogP contribution in [0, 0.1) is 0 Å². The summed E-state index contributed by atoms with van der Waals surface area (Å²) in [5.74, 6) is 0.412. The maximum absolute atomic E-state index is 13.5. The summed E-state index contributed by atoms with van der Waals surface area (Å²) in [5.41, 5.74) is 2.46. The van der Waals surface area contributed by atoms with Crippen molar-refractivity contribution in [2.45, 2.75) is 25.3 Å². The zero-order valence-electron chi connectivity index (χ0n) is 20.0. The standard InChI is InChI=1S/C25H30N4O5/c1-27(2)24(31)16-8-10-18-20(13-16)29(25(32)19-7-5-6-12-28(18)19)15-23(30)26-17-9-11-21(33-3)22(14-17)34-4/h8-11,13-14,19H,5-7,12,15H2,1-4H3,(H,26,30)/t19-/m0/s1. The molecule has 180 valence electrons. The second kappa shape index (κ2) is 9.62. The van der Waals surface area contributed by atoms with Crippen molar-refractivity contribution in [2.75, 3.05) is 56.5 Å². The van der Waals surface area contributed by atoms with Crippen LogP contribution in [0.2, 0.25) is 0 Å². The Morgan fingerprint density at radius 2 is 1.79 bits per heavy atom. The Hall–Kier alpha value is -3.75. The molecule has 1 atom stereocenters. The summed E-state index contributed by atoms with van der Waals surface area (Å²) < 4.78 is 10.5. The van der Waals surface area contributed by atoms with Crippen molar-refractivity contribution in [2.24, 2.45) is 0 Å². The molecule has 34 heavy (non-hydrogen) atoms. The second-order valence-corrected chi connectivity index (χ2v) is 8.65. The van der Waals surface area contributed by atoms with E-state index in [9.17, 15) is 14.4 Å². The Bertz CT molecular complexity index is 1120. The number of hydrogen-bond donors (Lipinski definition) is 1. The van der Waals surface area contributed by atoms with Gasteiger partial charge in [0.2, 0.25) is 11.8 Å². The van der Waals surface area contributed by atoms with E-state index in [0.717, 1.165) is 31.5 Å². The van der Waals surface area contributed by atoms with E-state index in [2.05, 4.69) is 10.2 Å². The van der Waals surface area contributed by atoms with E-state index in [1.165, 1.54) is 16.9 Å². The number of benzene rings is 2. The van der Waals surface area contributed by atoms with Gasteiger partial charge in [-0.25, -0.2) is 0 Å². The molecule has 0 bridgehead atoms. The number of ether oxygens (including phenoxy) is 2. The second-order valence-electron chi connectivity index (χ2n) is 8.65. The first kappa shape index (κ1) is 23.4. The number of methoxy groups -OCH3 is 2. The topological polar surface area (TPSA) is 91.4 Å². The highest BCUT2D eigenvalue weighted by atomic mass is 16.5. The average molecular weight is 467 g/mol. The first-order valence-corrected chi connectivity index (χ1v) is 11.3. The van der Waals surface area contributed by atoms with Crippen LogP contribution in [0.5, 0.6) is 11.5 Å². The largest absolute Gasteiger partial charge is 0.493 e. The Kier molecular flexibility index (Phi) is 6.63. The van der Waals surface area contributed by atoms with Gasteiger partial charge in [-0.3, -0.25) is 19.3 Å². The van der Waals surface area contributed by atoms with Crippen molar-refractivity contribution in [3.8, 4) is 11.5 Å². The number of nitrogens with one attached hydrogen (secondary N) is 1. The predicted octanol–water partition coefficient (Wildman–Crippen LogP) is 2.75. The Morgan fingerprint density at radius 3 is 2.50 bits per heavy atom. The minimum atomic E-state index is -0.347. The Balaban J connectivity index is 1.64. The molecule has 0 spiro atoms. The lowest BCUT2D eigenvalue weighted by Crippen LogP contribution is -2.56. The molecule has 0 radical (unpaired) electrons. The molecule has 1 fully saturated rings. The number of nitrogens with zero attached hydrogens (tertiary/aromatic N) is 3. The van der Waals surface area contributed by atoms with Crippen LogP contribution in [-0.2, 0) is 9.59 Å². The fourth-order valence-corrected chi connectivity index (χ4v) is 4.57. The lowest BCUT2D eigenvalue weighted by Gasteiger charge is -2.45. The molecule has 2 heterocycles. The zero-order valence-corrected chi connectivity index (χ0v) is 20.0. The minimum Gasteiger partial charge on any atom is -0.493 e.